The summed E-state index contributed by atoms with van der Waals surface area (Å²) in [4.78, 5) is 13.5. The summed E-state index contributed by atoms with van der Waals surface area (Å²) in [5.74, 6) is -0.789. The lowest BCUT2D eigenvalue weighted by molar-refractivity contribution is 0.0517. The van der Waals surface area contributed by atoms with Crippen molar-refractivity contribution in [2.45, 2.75) is 23.9 Å². The van der Waals surface area contributed by atoms with Crippen LogP contribution in [-0.2, 0) is 14.8 Å². The summed E-state index contributed by atoms with van der Waals surface area (Å²) < 4.78 is 45.7. The van der Waals surface area contributed by atoms with E-state index < -0.39 is 22.0 Å². The number of nitrogens with zero attached hydrogens (tertiary/aromatic N) is 2. The number of ether oxygens (including phenoxy) is 1. The number of carbonyl (C=O) groups excluding carboxylic acids is 1. The molecule has 0 aromatic heterocycles. The van der Waals surface area contributed by atoms with Crippen molar-refractivity contribution in [3.05, 3.63) is 30.1 Å². The first kappa shape index (κ1) is 17.1. The van der Waals surface area contributed by atoms with Crippen LogP contribution in [0, 0.1) is 5.82 Å². The summed E-state index contributed by atoms with van der Waals surface area (Å²) in [6, 6.07) is 4.95. The topological polar surface area (TPSA) is 79.0 Å². The van der Waals surface area contributed by atoms with Crippen molar-refractivity contribution in [2.75, 3.05) is 32.8 Å². The Morgan fingerprint density at radius 2 is 1.92 bits per heavy atom. The molecule has 132 valence electrons. The highest BCUT2D eigenvalue weighted by molar-refractivity contribution is 7.89. The number of benzene rings is 1. The fraction of sp³-hybridized carbons (Fsp3) is 0.533. The van der Waals surface area contributed by atoms with Gasteiger partial charge in [0, 0.05) is 19.6 Å². The first-order valence-electron chi connectivity index (χ1n) is 7.90. The smallest absolute Gasteiger partial charge is 0.318 e. The quantitative estimate of drug-likeness (QED) is 0.875. The van der Waals surface area contributed by atoms with Crippen molar-refractivity contribution < 1.29 is 22.3 Å². The van der Waals surface area contributed by atoms with Crippen LogP contribution in [0.5, 0.6) is 0 Å². The maximum absolute atomic E-state index is 13.9. The summed E-state index contributed by atoms with van der Waals surface area (Å²) in [5.41, 5.74) is 0. The second-order valence-corrected chi connectivity index (χ2v) is 7.61. The molecule has 0 radical (unpaired) electrons. The summed E-state index contributed by atoms with van der Waals surface area (Å²) in [5, 5.41) is 2.75. The molecule has 0 bridgehead atoms. The average Bonchev–Trinajstić information content (AvgIpc) is 3.05. The molecule has 24 heavy (non-hydrogen) atoms. The molecule has 0 unspecified atom stereocenters. The van der Waals surface area contributed by atoms with Crippen LogP contribution in [0.1, 0.15) is 12.8 Å². The van der Waals surface area contributed by atoms with Crippen LogP contribution < -0.4 is 5.32 Å². The second kappa shape index (κ2) is 7.04. The largest absolute Gasteiger partial charge is 0.378 e. The Hall–Kier alpha value is -1.71. The standard InChI is InChI=1S/C15H20FN3O4S/c16-12-4-1-2-5-13(12)24(21,22)19-7-3-6-14(19)17-15(20)18-8-10-23-11-9-18/h1-2,4-5,14H,3,6-11H2,(H,17,20)/t14-/m0/s1. The van der Waals surface area contributed by atoms with E-state index >= 15 is 0 Å². The van der Waals surface area contributed by atoms with Gasteiger partial charge in [0.25, 0.3) is 0 Å². The molecule has 0 spiro atoms. The highest BCUT2D eigenvalue weighted by Gasteiger charge is 2.38. The summed E-state index contributed by atoms with van der Waals surface area (Å²) in [7, 11) is -3.99. The van der Waals surface area contributed by atoms with E-state index in [2.05, 4.69) is 5.32 Å². The van der Waals surface area contributed by atoms with Gasteiger partial charge in [-0.25, -0.2) is 17.6 Å². The predicted octanol–water partition coefficient (Wildman–Crippen LogP) is 0.978. The number of hydrogen-bond donors (Lipinski definition) is 1. The zero-order valence-corrected chi connectivity index (χ0v) is 14.0. The van der Waals surface area contributed by atoms with Crippen molar-refractivity contribution >= 4 is 16.1 Å². The molecule has 2 amide bonds. The van der Waals surface area contributed by atoms with Crippen molar-refractivity contribution in [3.8, 4) is 0 Å². The first-order valence-corrected chi connectivity index (χ1v) is 9.34. The molecule has 2 saturated heterocycles. The third kappa shape index (κ3) is 3.38. The highest BCUT2D eigenvalue weighted by atomic mass is 32.2. The van der Waals surface area contributed by atoms with Crippen LogP contribution in [0.2, 0.25) is 0 Å². The van der Waals surface area contributed by atoms with Crippen molar-refractivity contribution in [1.82, 2.24) is 14.5 Å². The molecule has 1 N–H and O–H groups in total. The molecule has 0 aliphatic carbocycles. The van der Waals surface area contributed by atoms with Crippen LogP contribution in [0.4, 0.5) is 9.18 Å². The molecular weight excluding hydrogens is 337 g/mol. The van der Waals surface area contributed by atoms with Crippen molar-refractivity contribution in [1.29, 1.82) is 0 Å². The zero-order chi connectivity index (χ0) is 17.2. The maximum Gasteiger partial charge on any atom is 0.318 e. The Morgan fingerprint density at radius 1 is 1.21 bits per heavy atom. The van der Waals surface area contributed by atoms with Gasteiger partial charge >= 0.3 is 6.03 Å². The minimum Gasteiger partial charge on any atom is -0.378 e. The Kier molecular flexibility index (Phi) is 5.02. The van der Waals surface area contributed by atoms with E-state index in [9.17, 15) is 17.6 Å². The molecule has 7 nitrogen and oxygen atoms in total. The number of halogens is 1. The second-order valence-electron chi connectivity index (χ2n) is 5.75. The van der Waals surface area contributed by atoms with Gasteiger partial charge in [0.15, 0.2) is 0 Å². The monoisotopic (exact) mass is 357 g/mol. The predicted molar refractivity (Wildman–Crippen MR) is 84.2 cm³/mol. The zero-order valence-electron chi connectivity index (χ0n) is 13.2. The summed E-state index contributed by atoms with van der Waals surface area (Å²) in [6.07, 6.45) is 0.454. The SMILES string of the molecule is O=C(N[C@@H]1CCCN1S(=O)(=O)c1ccccc1F)N1CCOCC1. The lowest BCUT2D eigenvalue weighted by Gasteiger charge is -2.31. The number of amides is 2. The van der Waals surface area contributed by atoms with Gasteiger partial charge in [0.05, 0.1) is 19.4 Å². The Balaban J connectivity index is 1.75. The average molecular weight is 357 g/mol. The molecule has 2 aliphatic heterocycles. The van der Waals surface area contributed by atoms with E-state index in [1.807, 2.05) is 0 Å². The van der Waals surface area contributed by atoms with Gasteiger partial charge in [-0.05, 0) is 25.0 Å². The highest BCUT2D eigenvalue weighted by Crippen LogP contribution is 2.26. The molecular formula is C15H20FN3O4S. The fourth-order valence-corrected chi connectivity index (χ4v) is 4.63. The first-order chi connectivity index (χ1) is 11.5. The number of nitrogens with one attached hydrogen (secondary N) is 1. The van der Waals surface area contributed by atoms with Crippen LogP contribution in [-0.4, -0.2) is 62.7 Å². The fourth-order valence-electron chi connectivity index (χ4n) is 2.95. The third-order valence-corrected chi connectivity index (χ3v) is 6.16. The number of sulfonamides is 1. The maximum atomic E-state index is 13.9. The van der Waals surface area contributed by atoms with Crippen molar-refractivity contribution in [2.24, 2.45) is 0 Å². The van der Waals surface area contributed by atoms with Crippen LogP contribution >= 0.6 is 0 Å². The number of rotatable bonds is 3. The van der Waals surface area contributed by atoms with E-state index in [0.717, 1.165) is 6.07 Å². The van der Waals surface area contributed by atoms with Gasteiger partial charge in [0.1, 0.15) is 10.7 Å². The Morgan fingerprint density at radius 3 is 2.62 bits per heavy atom. The van der Waals surface area contributed by atoms with E-state index in [0.29, 0.717) is 39.1 Å². The molecule has 0 saturated carbocycles. The van der Waals surface area contributed by atoms with E-state index in [4.69, 9.17) is 4.74 Å². The lowest BCUT2D eigenvalue weighted by atomic mass is 10.3. The number of morpholine rings is 1. The normalized spacial score (nSPS) is 22.5. The summed E-state index contributed by atoms with van der Waals surface area (Å²) in [6.45, 7) is 2.13. The van der Waals surface area contributed by atoms with Gasteiger partial charge in [-0.1, -0.05) is 12.1 Å². The van der Waals surface area contributed by atoms with Gasteiger partial charge in [-0.3, -0.25) is 0 Å². The summed E-state index contributed by atoms with van der Waals surface area (Å²) >= 11 is 0. The van der Waals surface area contributed by atoms with Gasteiger partial charge in [0.2, 0.25) is 10.0 Å². The minimum absolute atomic E-state index is 0.255. The Labute approximate surface area is 140 Å². The van der Waals surface area contributed by atoms with E-state index in [1.165, 1.54) is 22.5 Å². The molecule has 2 fully saturated rings. The molecule has 1 aromatic rings. The molecule has 3 rings (SSSR count). The number of hydrogen-bond acceptors (Lipinski definition) is 4. The van der Waals surface area contributed by atoms with Crippen LogP contribution in [0.15, 0.2) is 29.2 Å². The van der Waals surface area contributed by atoms with E-state index in [1.54, 1.807) is 4.90 Å². The third-order valence-electron chi connectivity index (χ3n) is 4.22. The minimum atomic E-state index is -3.99. The van der Waals surface area contributed by atoms with Gasteiger partial charge in [-0.15, -0.1) is 0 Å². The molecule has 1 aromatic carbocycles. The molecule has 2 aliphatic rings. The van der Waals surface area contributed by atoms with Crippen LogP contribution in [0.3, 0.4) is 0 Å². The van der Waals surface area contributed by atoms with Gasteiger partial charge < -0.3 is 15.0 Å². The molecule has 9 heteroatoms. The lowest BCUT2D eigenvalue weighted by Crippen LogP contribution is -2.53. The number of urea groups is 1. The van der Waals surface area contributed by atoms with E-state index in [-0.39, 0.29) is 17.5 Å². The Bertz CT molecular complexity index is 706. The van der Waals surface area contributed by atoms with Gasteiger partial charge in [-0.2, -0.15) is 4.31 Å². The number of carbonyl (C=O) groups is 1. The molecule has 2 heterocycles. The van der Waals surface area contributed by atoms with Crippen LogP contribution in [0.25, 0.3) is 0 Å². The molecule has 1 atom stereocenters. The van der Waals surface area contributed by atoms with Crippen molar-refractivity contribution in [3.63, 3.8) is 0 Å².